The Morgan fingerprint density at radius 2 is 1.76 bits per heavy atom. The number of nitrogens with zero attached hydrogens (tertiary/aromatic N) is 2. The molecule has 7 heteroatoms. The van der Waals surface area contributed by atoms with E-state index in [-0.39, 0.29) is 17.4 Å². The molecule has 0 saturated carbocycles. The number of nitrogens with one attached hydrogen (secondary N) is 1. The highest BCUT2D eigenvalue weighted by molar-refractivity contribution is 8.01. The second kappa shape index (κ2) is 9.45. The zero-order valence-electron chi connectivity index (χ0n) is 22.0. The van der Waals surface area contributed by atoms with E-state index in [4.69, 9.17) is 4.74 Å². The van der Waals surface area contributed by atoms with Gasteiger partial charge in [-0.1, -0.05) is 62.7 Å². The summed E-state index contributed by atoms with van der Waals surface area (Å²) in [5.74, 6) is 1.23. The Morgan fingerprint density at radius 3 is 2.41 bits per heavy atom. The average molecular weight is 516 g/mol. The summed E-state index contributed by atoms with van der Waals surface area (Å²) in [7, 11) is 1.61. The molecule has 0 aromatic heterocycles. The molecule has 1 fully saturated rings. The van der Waals surface area contributed by atoms with Crippen molar-refractivity contribution in [3.05, 3.63) is 89.0 Å². The molecule has 3 aromatic rings. The molecule has 37 heavy (non-hydrogen) atoms. The molecule has 1 N–H and O–H groups in total. The summed E-state index contributed by atoms with van der Waals surface area (Å²) in [6.45, 7) is 9.47. The highest BCUT2D eigenvalue weighted by Crippen LogP contribution is 2.55. The quantitative estimate of drug-likeness (QED) is 0.444. The number of aryl methyl sites for hydroxylation is 1. The Bertz CT molecular complexity index is 1330. The van der Waals surface area contributed by atoms with Gasteiger partial charge in [0.25, 0.3) is 5.91 Å². The highest BCUT2D eigenvalue weighted by Gasteiger charge is 2.59. The van der Waals surface area contributed by atoms with E-state index in [1.165, 1.54) is 17.3 Å². The minimum Gasteiger partial charge on any atom is -0.497 e. The van der Waals surface area contributed by atoms with E-state index in [9.17, 15) is 9.59 Å². The van der Waals surface area contributed by atoms with Crippen molar-refractivity contribution in [3.8, 4) is 5.75 Å². The zero-order chi connectivity index (χ0) is 26.4. The number of amides is 3. The van der Waals surface area contributed by atoms with Crippen LogP contribution in [0, 0.1) is 6.92 Å². The van der Waals surface area contributed by atoms with Gasteiger partial charge in [-0.15, -0.1) is 11.8 Å². The number of thioether (sulfide) groups is 1. The van der Waals surface area contributed by atoms with Crippen molar-refractivity contribution in [2.45, 2.75) is 44.5 Å². The zero-order valence-corrected chi connectivity index (χ0v) is 22.8. The van der Waals surface area contributed by atoms with Crippen LogP contribution in [0.4, 0.5) is 16.2 Å². The van der Waals surface area contributed by atoms with E-state index < -0.39 is 4.87 Å². The summed E-state index contributed by atoms with van der Waals surface area (Å²) in [5, 5.41) is 3.00. The number of methoxy groups -OCH3 is 1. The lowest BCUT2D eigenvalue weighted by Crippen LogP contribution is -2.51. The predicted molar refractivity (Wildman–Crippen MR) is 150 cm³/mol. The first kappa shape index (κ1) is 25.2. The van der Waals surface area contributed by atoms with Crippen molar-refractivity contribution in [1.29, 1.82) is 0 Å². The second-order valence-corrected chi connectivity index (χ2v) is 11.9. The van der Waals surface area contributed by atoms with Crippen LogP contribution in [0.2, 0.25) is 0 Å². The van der Waals surface area contributed by atoms with Gasteiger partial charge in [0.2, 0.25) is 0 Å². The predicted octanol–water partition coefficient (Wildman–Crippen LogP) is 6.28. The summed E-state index contributed by atoms with van der Waals surface area (Å²) >= 11 is 1.51. The normalized spacial score (nSPS) is 18.9. The molecule has 2 heterocycles. The van der Waals surface area contributed by atoms with E-state index >= 15 is 0 Å². The lowest BCUT2D eigenvalue weighted by molar-refractivity contribution is -0.123. The van der Waals surface area contributed by atoms with Gasteiger partial charge in [-0.2, -0.15) is 0 Å². The van der Waals surface area contributed by atoms with Crippen molar-refractivity contribution < 1.29 is 14.3 Å². The molecule has 2 aliphatic rings. The van der Waals surface area contributed by atoms with Crippen LogP contribution in [0.15, 0.2) is 66.7 Å². The van der Waals surface area contributed by atoms with Crippen LogP contribution >= 0.6 is 11.8 Å². The molecular weight excluding hydrogens is 482 g/mol. The number of carbonyl (C=O) groups excluding carboxylic acids is 2. The van der Waals surface area contributed by atoms with Crippen molar-refractivity contribution in [2.75, 3.05) is 29.6 Å². The van der Waals surface area contributed by atoms with E-state index in [2.05, 4.69) is 50.4 Å². The van der Waals surface area contributed by atoms with Crippen LogP contribution < -0.4 is 15.0 Å². The fraction of sp³-hybridized carbons (Fsp3) is 0.333. The fourth-order valence-electron chi connectivity index (χ4n) is 5.00. The molecule has 1 atom stereocenters. The summed E-state index contributed by atoms with van der Waals surface area (Å²) in [6, 6.07) is 21.5. The molecule has 192 valence electrons. The van der Waals surface area contributed by atoms with E-state index in [1.54, 1.807) is 12.0 Å². The third-order valence-electron chi connectivity index (χ3n) is 7.11. The molecule has 1 unspecified atom stereocenters. The number of fused-ring (bicyclic) bond motifs is 2. The summed E-state index contributed by atoms with van der Waals surface area (Å²) in [5.41, 5.74) is 5.77. The van der Waals surface area contributed by atoms with Gasteiger partial charge in [-0.05, 0) is 53.8 Å². The number of carbonyl (C=O) groups is 2. The number of benzene rings is 3. The molecule has 1 spiro atoms. The maximum atomic E-state index is 14.3. The Morgan fingerprint density at radius 1 is 1.05 bits per heavy atom. The lowest BCUT2D eigenvalue weighted by atomic mass is 9.87. The van der Waals surface area contributed by atoms with Crippen LogP contribution in [0.1, 0.15) is 43.0 Å². The van der Waals surface area contributed by atoms with Gasteiger partial charge in [0.05, 0.1) is 19.3 Å². The van der Waals surface area contributed by atoms with Crippen molar-refractivity contribution in [1.82, 2.24) is 4.90 Å². The monoisotopic (exact) mass is 515 g/mol. The molecule has 0 aliphatic carbocycles. The maximum absolute atomic E-state index is 14.3. The molecule has 5 rings (SSSR count). The molecule has 6 nitrogen and oxygen atoms in total. The second-order valence-electron chi connectivity index (χ2n) is 10.7. The third kappa shape index (κ3) is 4.46. The number of hydrogen-bond acceptors (Lipinski definition) is 4. The van der Waals surface area contributed by atoms with Gasteiger partial charge in [0.15, 0.2) is 4.87 Å². The van der Waals surface area contributed by atoms with Gasteiger partial charge in [-0.3, -0.25) is 9.69 Å². The van der Waals surface area contributed by atoms with Gasteiger partial charge in [0.1, 0.15) is 5.75 Å². The van der Waals surface area contributed by atoms with E-state index in [1.807, 2.05) is 54.3 Å². The Hall–Kier alpha value is -3.45. The van der Waals surface area contributed by atoms with Crippen molar-refractivity contribution >= 4 is 35.1 Å². The third-order valence-corrected chi connectivity index (χ3v) is 8.53. The highest BCUT2D eigenvalue weighted by atomic mass is 32.2. The minimum absolute atomic E-state index is 0.0566. The molecule has 0 bridgehead atoms. The van der Waals surface area contributed by atoms with E-state index in [0.717, 1.165) is 22.4 Å². The van der Waals surface area contributed by atoms with Gasteiger partial charge < -0.3 is 15.0 Å². The first-order valence-electron chi connectivity index (χ1n) is 12.5. The molecule has 1 saturated heterocycles. The van der Waals surface area contributed by atoms with Crippen LogP contribution in [-0.2, 0) is 21.6 Å². The molecule has 2 aliphatic heterocycles. The molecule has 3 aromatic carbocycles. The first-order valence-corrected chi connectivity index (χ1v) is 13.5. The number of rotatable bonds is 4. The molecule has 3 amide bonds. The maximum Gasteiger partial charge on any atom is 0.323 e. The standard InChI is InChI=1S/C30H33N3O3S/c1-20-6-12-23(13-7-20)31-28(35)33-16-17-37-30(33)25-18-24(36-5)14-15-26(25)32(27(30)34)19-21-8-10-22(11-9-21)29(2,3)4/h6-15,18H,16-17,19H2,1-5H3,(H,31,35). The van der Waals surface area contributed by atoms with Crippen molar-refractivity contribution in [2.24, 2.45) is 0 Å². The summed E-state index contributed by atoms with van der Waals surface area (Å²) < 4.78 is 5.52. The largest absolute Gasteiger partial charge is 0.497 e. The fourth-order valence-corrected chi connectivity index (χ4v) is 6.45. The topological polar surface area (TPSA) is 61.9 Å². The van der Waals surface area contributed by atoms with Crippen LogP contribution in [-0.4, -0.2) is 36.2 Å². The van der Waals surface area contributed by atoms with E-state index in [0.29, 0.717) is 30.3 Å². The van der Waals surface area contributed by atoms with Crippen LogP contribution in [0.3, 0.4) is 0 Å². The smallest absolute Gasteiger partial charge is 0.323 e. The number of hydrogen-bond donors (Lipinski definition) is 1. The van der Waals surface area contributed by atoms with Crippen molar-refractivity contribution in [3.63, 3.8) is 0 Å². The number of anilines is 2. The Balaban J connectivity index is 1.50. The lowest BCUT2D eigenvalue weighted by Gasteiger charge is -2.33. The van der Waals surface area contributed by atoms with Gasteiger partial charge in [0, 0.05) is 23.5 Å². The van der Waals surface area contributed by atoms with Crippen LogP contribution in [0.25, 0.3) is 0 Å². The Labute approximate surface area is 223 Å². The van der Waals surface area contributed by atoms with Gasteiger partial charge in [-0.25, -0.2) is 4.79 Å². The number of urea groups is 1. The summed E-state index contributed by atoms with van der Waals surface area (Å²) in [4.78, 5) is 30.2. The molecular formula is C30H33N3O3S. The first-order chi connectivity index (χ1) is 17.6. The van der Waals surface area contributed by atoms with Gasteiger partial charge >= 0.3 is 6.03 Å². The Kier molecular flexibility index (Phi) is 6.44. The summed E-state index contributed by atoms with van der Waals surface area (Å²) in [6.07, 6.45) is 0. The van der Waals surface area contributed by atoms with Crippen LogP contribution in [0.5, 0.6) is 5.75 Å². The molecule has 0 radical (unpaired) electrons. The SMILES string of the molecule is COc1ccc2c(c1)C1(SCCN1C(=O)Nc1ccc(C)cc1)C(=O)N2Cc1ccc(C(C)(C)C)cc1. The average Bonchev–Trinajstić information content (AvgIpc) is 3.42. The minimum atomic E-state index is -1.13. The number of ether oxygens (including phenoxy) is 1.